The van der Waals surface area contributed by atoms with Crippen molar-refractivity contribution >= 4 is 27.1 Å². The van der Waals surface area contributed by atoms with Crippen LogP contribution in [0.1, 0.15) is 16.7 Å². The molecule has 20 heavy (non-hydrogen) atoms. The van der Waals surface area contributed by atoms with Crippen LogP contribution in [0.4, 0.5) is 0 Å². The smallest absolute Gasteiger partial charge is 0.101 e. The number of hydrogen-bond donors (Lipinski definition) is 0. The van der Waals surface area contributed by atoms with E-state index in [4.69, 9.17) is 0 Å². The molecular weight excluding hydrogens is 312 g/mol. The topological polar surface area (TPSA) is 47.6 Å². The Morgan fingerprint density at radius 2 is 1.20 bits per heavy atom. The molecule has 0 atom stereocenters. The average Bonchev–Trinajstić information content (AvgIpc) is 2.47. The van der Waals surface area contributed by atoms with Crippen LogP contribution in [0.5, 0.6) is 0 Å². The van der Waals surface area contributed by atoms with Gasteiger partial charge in [0.1, 0.15) is 12.1 Å². The molecule has 2 nitrogen and oxygen atoms in total. The predicted octanol–water partition coefficient (Wildman–Crippen LogP) is 4.72. The molecule has 2 aromatic rings. The molecule has 2 rings (SSSR count). The summed E-state index contributed by atoms with van der Waals surface area (Å²) in [5.41, 5.74) is 3.41. The fourth-order valence-corrected chi connectivity index (χ4v) is 2.13. The lowest BCUT2D eigenvalue weighted by molar-refractivity contribution is 1.44. The van der Waals surface area contributed by atoms with Crippen molar-refractivity contribution in [1.29, 1.82) is 10.5 Å². The second-order valence-corrected chi connectivity index (χ2v) is 5.26. The van der Waals surface area contributed by atoms with Crippen molar-refractivity contribution in [2.75, 3.05) is 0 Å². The SMILES string of the molecule is Cc1ccc(C(C#N)=C(C#N)c2ccc(Br)cc2)cc1. The van der Waals surface area contributed by atoms with Crippen LogP contribution in [0.15, 0.2) is 53.0 Å². The summed E-state index contributed by atoms with van der Waals surface area (Å²) in [4.78, 5) is 0. The molecule has 0 fully saturated rings. The highest BCUT2D eigenvalue weighted by Crippen LogP contribution is 2.26. The Hall–Kier alpha value is -2.36. The summed E-state index contributed by atoms with van der Waals surface area (Å²) in [6.07, 6.45) is 0. The van der Waals surface area contributed by atoms with Crippen LogP contribution >= 0.6 is 15.9 Å². The average molecular weight is 323 g/mol. The molecule has 0 aliphatic carbocycles. The van der Waals surface area contributed by atoms with Crippen LogP contribution in [0, 0.1) is 29.6 Å². The zero-order chi connectivity index (χ0) is 14.5. The second kappa shape index (κ2) is 6.19. The van der Waals surface area contributed by atoms with Gasteiger partial charge in [0.15, 0.2) is 0 Å². The number of rotatable bonds is 2. The number of halogens is 1. The molecule has 0 aliphatic heterocycles. The summed E-state index contributed by atoms with van der Waals surface area (Å²) in [5.74, 6) is 0. The lowest BCUT2D eigenvalue weighted by atomic mass is 9.96. The molecule has 0 saturated heterocycles. The monoisotopic (exact) mass is 322 g/mol. The molecule has 0 spiro atoms. The van der Waals surface area contributed by atoms with Crippen molar-refractivity contribution in [1.82, 2.24) is 0 Å². The fourth-order valence-electron chi connectivity index (χ4n) is 1.87. The number of aryl methyl sites for hydroxylation is 1. The number of hydrogen-bond acceptors (Lipinski definition) is 2. The minimum absolute atomic E-state index is 0.392. The van der Waals surface area contributed by atoms with Gasteiger partial charge in [0.05, 0.1) is 11.1 Å². The lowest BCUT2D eigenvalue weighted by Gasteiger charge is -2.05. The van der Waals surface area contributed by atoms with E-state index in [1.54, 1.807) is 0 Å². The molecule has 0 heterocycles. The normalized spacial score (nSPS) is 11.2. The highest BCUT2D eigenvalue weighted by molar-refractivity contribution is 9.10. The Morgan fingerprint density at radius 3 is 1.60 bits per heavy atom. The van der Waals surface area contributed by atoms with Gasteiger partial charge in [-0.1, -0.05) is 57.9 Å². The highest BCUT2D eigenvalue weighted by atomic mass is 79.9. The first-order valence-corrected chi connectivity index (χ1v) is 6.82. The van der Waals surface area contributed by atoms with E-state index in [-0.39, 0.29) is 0 Å². The van der Waals surface area contributed by atoms with Gasteiger partial charge in [-0.25, -0.2) is 0 Å². The molecular formula is C17H11BrN2. The predicted molar refractivity (Wildman–Crippen MR) is 83.4 cm³/mol. The molecule has 0 saturated carbocycles. The molecule has 3 heteroatoms. The van der Waals surface area contributed by atoms with Crippen LogP contribution in [-0.4, -0.2) is 0 Å². The van der Waals surface area contributed by atoms with Gasteiger partial charge in [0, 0.05) is 4.47 Å². The zero-order valence-electron chi connectivity index (χ0n) is 10.9. The van der Waals surface area contributed by atoms with Crippen molar-refractivity contribution in [3.05, 3.63) is 69.7 Å². The van der Waals surface area contributed by atoms with E-state index >= 15 is 0 Å². The number of allylic oxidation sites excluding steroid dienone is 2. The summed E-state index contributed by atoms with van der Waals surface area (Å²) >= 11 is 3.36. The van der Waals surface area contributed by atoms with E-state index in [2.05, 4.69) is 28.1 Å². The molecule has 0 aliphatic rings. The fraction of sp³-hybridized carbons (Fsp3) is 0.0588. The molecule has 2 aromatic carbocycles. The summed E-state index contributed by atoms with van der Waals surface area (Å²) in [7, 11) is 0. The first-order chi connectivity index (χ1) is 9.65. The zero-order valence-corrected chi connectivity index (χ0v) is 12.5. The maximum absolute atomic E-state index is 9.40. The third kappa shape index (κ3) is 2.96. The van der Waals surface area contributed by atoms with Gasteiger partial charge in [0.25, 0.3) is 0 Å². The Balaban J connectivity index is 2.60. The van der Waals surface area contributed by atoms with Crippen molar-refractivity contribution in [2.24, 2.45) is 0 Å². The van der Waals surface area contributed by atoms with Crippen LogP contribution in [-0.2, 0) is 0 Å². The van der Waals surface area contributed by atoms with E-state index in [0.29, 0.717) is 11.1 Å². The van der Waals surface area contributed by atoms with E-state index in [1.165, 1.54) is 0 Å². The van der Waals surface area contributed by atoms with Crippen molar-refractivity contribution in [2.45, 2.75) is 6.92 Å². The standard InChI is InChI=1S/C17H11BrN2/c1-12-2-4-13(5-3-12)16(10-19)17(11-20)14-6-8-15(18)9-7-14/h2-9H,1H3. The van der Waals surface area contributed by atoms with Crippen molar-refractivity contribution in [3.8, 4) is 12.1 Å². The molecule has 96 valence electrons. The molecule has 0 bridgehead atoms. The molecule has 0 N–H and O–H groups in total. The van der Waals surface area contributed by atoms with E-state index in [9.17, 15) is 10.5 Å². The van der Waals surface area contributed by atoms with Gasteiger partial charge in [-0.05, 0) is 30.2 Å². The number of nitriles is 2. The largest absolute Gasteiger partial charge is 0.192 e. The summed E-state index contributed by atoms with van der Waals surface area (Å²) < 4.78 is 0.937. The molecule has 0 amide bonds. The Kier molecular flexibility index (Phi) is 4.35. The number of nitrogens with zero attached hydrogens (tertiary/aromatic N) is 2. The third-order valence-electron chi connectivity index (χ3n) is 2.95. The highest BCUT2D eigenvalue weighted by Gasteiger charge is 2.11. The first kappa shape index (κ1) is 14.1. The minimum Gasteiger partial charge on any atom is -0.192 e. The van der Waals surface area contributed by atoms with Gasteiger partial charge >= 0.3 is 0 Å². The Labute approximate surface area is 126 Å². The van der Waals surface area contributed by atoms with Crippen LogP contribution in [0.2, 0.25) is 0 Å². The molecule has 0 unspecified atom stereocenters. The number of benzene rings is 2. The maximum atomic E-state index is 9.40. The summed E-state index contributed by atoms with van der Waals surface area (Å²) in [6.45, 7) is 1.99. The molecule has 0 radical (unpaired) electrons. The van der Waals surface area contributed by atoms with Gasteiger partial charge < -0.3 is 0 Å². The van der Waals surface area contributed by atoms with E-state index < -0.39 is 0 Å². The third-order valence-corrected chi connectivity index (χ3v) is 3.48. The maximum Gasteiger partial charge on any atom is 0.101 e. The van der Waals surface area contributed by atoms with Crippen LogP contribution in [0.25, 0.3) is 11.1 Å². The summed E-state index contributed by atoms with van der Waals surface area (Å²) in [5, 5.41) is 18.8. The van der Waals surface area contributed by atoms with Crippen LogP contribution < -0.4 is 0 Å². The Bertz CT molecular complexity index is 661. The van der Waals surface area contributed by atoms with Gasteiger partial charge in [-0.2, -0.15) is 10.5 Å². The van der Waals surface area contributed by atoms with Gasteiger partial charge in [-0.15, -0.1) is 0 Å². The van der Waals surface area contributed by atoms with Crippen molar-refractivity contribution in [3.63, 3.8) is 0 Å². The molecule has 0 aromatic heterocycles. The minimum atomic E-state index is 0.392. The van der Waals surface area contributed by atoms with E-state index in [0.717, 1.165) is 21.2 Å². The summed E-state index contributed by atoms with van der Waals surface area (Å²) in [6, 6.07) is 19.3. The van der Waals surface area contributed by atoms with Crippen LogP contribution in [0.3, 0.4) is 0 Å². The first-order valence-electron chi connectivity index (χ1n) is 6.03. The Morgan fingerprint density at radius 1 is 0.800 bits per heavy atom. The van der Waals surface area contributed by atoms with Crippen molar-refractivity contribution < 1.29 is 0 Å². The van der Waals surface area contributed by atoms with Gasteiger partial charge in [-0.3, -0.25) is 0 Å². The quantitative estimate of drug-likeness (QED) is 0.593. The second-order valence-electron chi connectivity index (χ2n) is 4.35. The van der Waals surface area contributed by atoms with E-state index in [1.807, 2.05) is 55.5 Å². The lowest BCUT2D eigenvalue weighted by Crippen LogP contribution is -1.89. The van der Waals surface area contributed by atoms with Gasteiger partial charge in [0.2, 0.25) is 0 Å².